The molecular weight excluding hydrogens is 252 g/mol. The van der Waals surface area contributed by atoms with Crippen molar-refractivity contribution in [2.45, 2.75) is 20.3 Å². The molecule has 0 atom stereocenters. The van der Waals surface area contributed by atoms with Crippen molar-refractivity contribution in [3.8, 4) is 17.1 Å². The van der Waals surface area contributed by atoms with Crippen LogP contribution in [0.4, 0.5) is 6.01 Å². The zero-order chi connectivity index (χ0) is 13.3. The molecule has 0 aliphatic rings. The van der Waals surface area contributed by atoms with E-state index in [2.05, 4.69) is 4.98 Å². The predicted octanol–water partition coefficient (Wildman–Crippen LogP) is 3.46. The molecular formula is C13H15ClN2O2. The van der Waals surface area contributed by atoms with E-state index in [0.29, 0.717) is 16.5 Å². The third kappa shape index (κ3) is 2.16. The van der Waals surface area contributed by atoms with Crippen LogP contribution in [0.25, 0.3) is 11.3 Å². The Balaban J connectivity index is 2.60. The van der Waals surface area contributed by atoms with Gasteiger partial charge in [0.1, 0.15) is 5.75 Å². The minimum atomic E-state index is 0.174. The highest BCUT2D eigenvalue weighted by atomic mass is 35.5. The number of hydrogen-bond donors (Lipinski definition) is 1. The highest BCUT2D eigenvalue weighted by Gasteiger charge is 2.16. The van der Waals surface area contributed by atoms with E-state index in [4.69, 9.17) is 26.5 Å². The maximum atomic E-state index is 6.14. The summed E-state index contributed by atoms with van der Waals surface area (Å²) in [5.74, 6) is 1.32. The lowest BCUT2D eigenvalue weighted by Crippen LogP contribution is -1.91. The molecule has 0 aliphatic heterocycles. The quantitative estimate of drug-likeness (QED) is 0.924. The first-order chi connectivity index (χ1) is 8.56. The highest BCUT2D eigenvalue weighted by Crippen LogP contribution is 2.35. The van der Waals surface area contributed by atoms with Gasteiger partial charge in [0.25, 0.3) is 6.01 Å². The Hall–Kier alpha value is -1.68. The van der Waals surface area contributed by atoms with Crippen LogP contribution in [-0.2, 0) is 6.42 Å². The number of rotatable bonds is 3. The number of aryl methyl sites for hydroxylation is 2. The fraction of sp³-hybridized carbons (Fsp3) is 0.308. The van der Waals surface area contributed by atoms with E-state index in [1.807, 2.05) is 26.0 Å². The molecule has 0 radical (unpaired) electrons. The van der Waals surface area contributed by atoms with Gasteiger partial charge >= 0.3 is 0 Å². The first kappa shape index (κ1) is 12.8. The molecule has 0 aliphatic carbocycles. The van der Waals surface area contributed by atoms with Crippen LogP contribution < -0.4 is 10.5 Å². The number of nitrogens with two attached hydrogens (primary N) is 1. The molecule has 2 aromatic rings. The smallest absolute Gasteiger partial charge is 0.292 e. The molecule has 0 fully saturated rings. The second-order valence-corrected chi connectivity index (χ2v) is 4.39. The predicted molar refractivity (Wildman–Crippen MR) is 72.0 cm³/mol. The maximum Gasteiger partial charge on any atom is 0.292 e. The lowest BCUT2D eigenvalue weighted by Gasteiger charge is -2.09. The topological polar surface area (TPSA) is 61.3 Å². The Labute approximate surface area is 111 Å². The van der Waals surface area contributed by atoms with Crippen molar-refractivity contribution in [1.82, 2.24) is 4.98 Å². The van der Waals surface area contributed by atoms with Crippen LogP contribution in [0.1, 0.15) is 18.2 Å². The zero-order valence-electron chi connectivity index (χ0n) is 10.6. The van der Waals surface area contributed by atoms with Crippen molar-refractivity contribution in [2.24, 2.45) is 0 Å². The molecule has 18 heavy (non-hydrogen) atoms. The number of methoxy groups -OCH3 is 1. The summed E-state index contributed by atoms with van der Waals surface area (Å²) < 4.78 is 10.6. The number of aromatic nitrogens is 1. The summed E-state index contributed by atoms with van der Waals surface area (Å²) in [5.41, 5.74) is 8.32. The highest BCUT2D eigenvalue weighted by molar-refractivity contribution is 6.32. The Kier molecular flexibility index (Phi) is 3.48. The fourth-order valence-electron chi connectivity index (χ4n) is 1.88. The van der Waals surface area contributed by atoms with Crippen LogP contribution in [0, 0.1) is 6.92 Å². The average Bonchev–Trinajstić information content (AvgIpc) is 2.72. The van der Waals surface area contributed by atoms with Gasteiger partial charge in [0.15, 0.2) is 5.76 Å². The number of halogens is 1. The van der Waals surface area contributed by atoms with Crippen LogP contribution in [0.15, 0.2) is 16.5 Å². The minimum absolute atomic E-state index is 0.174. The Morgan fingerprint density at radius 2 is 2.17 bits per heavy atom. The van der Waals surface area contributed by atoms with E-state index in [-0.39, 0.29) is 6.01 Å². The molecule has 0 bridgehead atoms. The van der Waals surface area contributed by atoms with Crippen LogP contribution >= 0.6 is 11.6 Å². The number of nitrogens with zero attached hydrogens (tertiary/aromatic N) is 1. The fourth-order valence-corrected chi connectivity index (χ4v) is 2.12. The molecule has 5 heteroatoms. The van der Waals surface area contributed by atoms with Gasteiger partial charge in [0.05, 0.1) is 17.8 Å². The van der Waals surface area contributed by atoms with Gasteiger partial charge in [0.2, 0.25) is 0 Å². The molecule has 0 spiro atoms. The number of oxazole rings is 1. The minimum Gasteiger partial charge on any atom is -0.495 e. The standard InChI is InChI=1S/C13H15ClN2O2/c1-4-10-12(18-13(15)16-10)8-6-9(14)11(17-3)5-7(8)2/h5-6H,4H2,1-3H3,(H2,15,16). The van der Waals surface area contributed by atoms with Crippen LogP contribution in [-0.4, -0.2) is 12.1 Å². The number of hydrogen-bond acceptors (Lipinski definition) is 4. The summed E-state index contributed by atoms with van der Waals surface area (Å²) >= 11 is 6.14. The van der Waals surface area contributed by atoms with Gasteiger partial charge in [-0.25, -0.2) is 0 Å². The molecule has 1 aromatic carbocycles. The van der Waals surface area contributed by atoms with Crippen molar-refractivity contribution in [3.05, 3.63) is 28.4 Å². The molecule has 0 saturated carbocycles. The number of benzene rings is 1. The molecule has 1 heterocycles. The maximum absolute atomic E-state index is 6.14. The van der Waals surface area contributed by atoms with Gasteiger partial charge in [-0.2, -0.15) is 4.98 Å². The summed E-state index contributed by atoms with van der Waals surface area (Å²) in [4.78, 5) is 4.16. The summed E-state index contributed by atoms with van der Waals surface area (Å²) in [6.07, 6.45) is 0.749. The van der Waals surface area contributed by atoms with Crippen molar-refractivity contribution >= 4 is 17.6 Å². The summed E-state index contributed by atoms with van der Waals surface area (Å²) in [6, 6.07) is 3.86. The molecule has 0 amide bonds. The second kappa shape index (κ2) is 4.90. The Morgan fingerprint density at radius 1 is 1.44 bits per heavy atom. The van der Waals surface area contributed by atoms with Crippen LogP contribution in [0.2, 0.25) is 5.02 Å². The molecule has 0 saturated heterocycles. The van der Waals surface area contributed by atoms with Gasteiger partial charge in [-0.15, -0.1) is 0 Å². The monoisotopic (exact) mass is 266 g/mol. The SMILES string of the molecule is CCc1nc(N)oc1-c1cc(Cl)c(OC)cc1C. The van der Waals surface area contributed by atoms with E-state index in [1.54, 1.807) is 7.11 Å². The third-order valence-corrected chi connectivity index (χ3v) is 3.09. The Morgan fingerprint density at radius 3 is 2.78 bits per heavy atom. The first-order valence-corrected chi connectivity index (χ1v) is 6.04. The van der Waals surface area contributed by atoms with Gasteiger partial charge in [0, 0.05) is 5.56 Å². The van der Waals surface area contributed by atoms with E-state index in [9.17, 15) is 0 Å². The molecule has 96 valence electrons. The molecule has 2 rings (SSSR count). The van der Waals surface area contributed by atoms with Crippen molar-refractivity contribution < 1.29 is 9.15 Å². The first-order valence-electron chi connectivity index (χ1n) is 5.66. The number of anilines is 1. The lowest BCUT2D eigenvalue weighted by molar-refractivity contribution is 0.414. The van der Waals surface area contributed by atoms with Crippen LogP contribution in [0.3, 0.4) is 0 Å². The van der Waals surface area contributed by atoms with Gasteiger partial charge < -0.3 is 14.9 Å². The van der Waals surface area contributed by atoms with Gasteiger partial charge in [-0.05, 0) is 31.0 Å². The lowest BCUT2D eigenvalue weighted by atomic mass is 10.0. The van der Waals surface area contributed by atoms with Crippen LogP contribution in [0.5, 0.6) is 5.75 Å². The average molecular weight is 267 g/mol. The summed E-state index contributed by atoms with van der Waals surface area (Å²) in [7, 11) is 1.59. The normalized spacial score (nSPS) is 10.7. The molecule has 1 aromatic heterocycles. The molecule has 2 N–H and O–H groups in total. The molecule has 0 unspecified atom stereocenters. The number of ether oxygens (including phenoxy) is 1. The van der Waals surface area contributed by atoms with Crippen molar-refractivity contribution in [1.29, 1.82) is 0 Å². The van der Waals surface area contributed by atoms with Crippen molar-refractivity contribution in [2.75, 3.05) is 12.8 Å². The van der Waals surface area contributed by atoms with E-state index in [1.165, 1.54) is 0 Å². The van der Waals surface area contributed by atoms with E-state index >= 15 is 0 Å². The zero-order valence-corrected chi connectivity index (χ0v) is 11.3. The number of nitrogen functional groups attached to an aromatic ring is 1. The van der Waals surface area contributed by atoms with Gasteiger partial charge in [-0.1, -0.05) is 18.5 Å². The summed E-state index contributed by atoms with van der Waals surface area (Å²) in [5, 5.41) is 0.537. The van der Waals surface area contributed by atoms with Gasteiger partial charge in [-0.3, -0.25) is 0 Å². The second-order valence-electron chi connectivity index (χ2n) is 3.98. The van der Waals surface area contributed by atoms with Crippen molar-refractivity contribution in [3.63, 3.8) is 0 Å². The molecule has 4 nitrogen and oxygen atoms in total. The summed E-state index contributed by atoms with van der Waals surface area (Å²) in [6.45, 7) is 3.97. The Bertz CT molecular complexity index is 579. The van der Waals surface area contributed by atoms with E-state index in [0.717, 1.165) is 23.2 Å². The largest absolute Gasteiger partial charge is 0.495 e. The van der Waals surface area contributed by atoms with E-state index < -0.39 is 0 Å². The third-order valence-electron chi connectivity index (χ3n) is 2.79.